The Labute approximate surface area is 159 Å². The Hall–Kier alpha value is -3.08. The van der Waals surface area contributed by atoms with Crippen molar-refractivity contribution >= 4 is 11.6 Å². The van der Waals surface area contributed by atoms with Gasteiger partial charge in [0.25, 0.3) is 0 Å². The summed E-state index contributed by atoms with van der Waals surface area (Å²) in [5, 5.41) is 4.46. The quantitative estimate of drug-likeness (QED) is 0.708. The van der Waals surface area contributed by atoms with E-state index in [4.69, 9.17) is 4.74 Å². The normalized spacial score (nSPS) is 12.1. The molecule has 2 heterocycles. The van der Waals surface area contributed by atoms with Crippen molar-refractivity contribution < 1.29 is 9.53 Å². The summed E-state index contributed by atoms with van der Waals surface area (Å²) in [5.74, 6) is 0.828. The molecule has 1 aliphatic heterocycles. The molecule has 0 saturated heterocycles. The molecule has 1 aliphatic rings. The summed E-state index contributed by atoms with van der Waals surface area (Å²) in [7, 11) is 1.81. The molecule has 1 amide bonds. The van der Waals surface area contributed by atoms with E-state index in [-0.39, 0.29) is 12.5 Å². The van der Waals surface area contributed by atoms with Gasteiger partial charge in [0.2, 0.25) is 5.91 Å². The van der Waals surface area contributed by atoms with Crippen LogP contribution in [0.15, 0.2) is 42.6 Å². The van der Waals surface area contributed by atoms with Crippen LogP contribution in [0.2, 0.25) is 0 Å². The SMILES string of the molecule is Cc1ccc2c(c1)-c1c(cnn1CC(=O)N(C)c1ccc(C)c(C)c1)CO2. The number of hydrogen-bond acceptors (Lipinski definition) is 3. The third kappa shape index (κ3) is 3.10. The lowest BCUT2D eigenvalue weighted by molar-refractivity contribution is -0.119. The smallest absolute Gasteiger partial charge is 0.248 e. The van der Waals surface area contributed by atoms with Gasteiger partial charge in [-0.1, -0.05) is 17.7 Å². The van der Waals surface area contributed by atoms with Crippen molar-refractivity contribution in [3.63, 3.8) is 0 Å². The molecular formula is C22H23N3O2. The second kappa shape index (κ2) is 6.58. The Bertz CT molecular complexity index is 1040. The maximum absolute atomic E-state index is 12.9. The van der Waals surface area contributed by atoms with Crippen molar-refractivity contribution in [2.24, 2.45) is 0 Å². The third-order valence-corrected chi connectivity index (χ3v) is 5.23. The molecule has 4 rings (SSSR count). The van der Waals surface area contributed by atoms with Crippen LogP contribution in [0.5, 0.6) is 5.75 Å². The van der Waals surface area contributed by atoms with Crippen molar-refractivity contribution in [2.75, 3.05) is 11.9 Å². The number of ether oxygens (including phenoxy) is 1. The fourth-order valence-corrected chi connectivity index (χ4v) is 3.38. The standard InChI is InChI=1S/C22H23N3O2/c1-14-5-8-20-19(9-14)22-17(13-27-20)11-23-25(22)12-21(26)24(4)18-7-6-15(2)16(3)10-18/h5-11H,12-13H2,1-4H3. The fourth-order valence-electron chi connectivity index (χ4n) is 3.38. The molecule has 0 aliphatic carbocycles. The molecule has 3 aromatic rings. The number of carbonyl (C=O) groups excluding carboxylic acids is 1. The molecule has 138 valence electrons. The second-order valence-corrected chi connectivity index (χ2v) is 7.19. The van der Waals surface area contributed by atoms with E-state index in [1.54, 1.807) is 15.8 Å². The largest absolute Gasteiger partial charge is 0.488 e. The van der Waals surface area contributed by atoms with Crippen LogP contribution >= 0.6 is 0 Å². The van der Waals surface area contributed by atoms with Gasteiger partial charge in [-0.3, -0.25) is 9.48 Å². The molecule has 0 radical (unpaired) electrons. The first-order valence-corrected chi connectivity index (χ1v) is 9.06. The highest BCUT2D eigenvalue weighted by atomic mass is 16.5. The van der Waals surface area contributed by atoms with Gasteiger partial charge in [0.1, 0.15) is 18.9 Å². The van der Waals surface area contributed by atoms with Gasteiger partial charge in [-0.15, -0.1) is 0 Å². The molecule has 0 spiro atoms. The summed E-state index contributed by atoms with van der Waals surface area (Å²) >= 11 is 0. The Morgan fingerprint density at radius 3 is 2.74 bits per heavy atom. The summed E-state index contributed by atoms with van der Waals surface area (Å²) in [5.41, 5.74) is 7.41. The predicted octanol–water partition coefficient (Wildman–Crippen LogP) is 4.03. The van der Waals surface area contributed by atoms with Crippen molar-refractivity contribution in [1.82, 2.24) is 9.78 Å². The van der Waals surface area contributed by atoms with Gasteiger partial charge in [-0.05, 0) is 56.2 Å². The summed E-state index contributed by atoms with van der Waals surface area (Å²) in [6, 6.07) is 12.2. The topological polar surface area (TPSA) is 47.4 Å². The Kier molecular flexibility index (Phi) is 4.22. The zero-order valence-electron chi connectivity index (χ0n) is 16.1. The Morgan fingerprint density at radius 1 is 1.15 bits per heavy atom. The summed E-state index contributed by atoms with van der Waals surface area (Å²) in [6.07, 6.45) is 1.80. The average molecular weight is 361 g/mol. The van der Waals surface area contributed by atoms with E-state index in [9.17, 15) is 4.79 Å². The molecule has 2 aromatic carbocycles. The highest BCUT2D eigenvalue weighted by molar-refractivity contribution is 5.93. The molecular weight excluding hydrogens is 338 g/mol. The highest BCUT2D eigenvalue weighted by Gasteiger charge is 2.24. The zero-order valence-corrected chi connectivity index (χ0v) is 16.1. The molecule has 0 fully saturated rings. The van der Waals surface area contributed by atoms with E-state index in [1.165, 1.54) is 11.1 Å². The number of carbonyl (C=O) groups is 1. The van der Waals surface area contributed by atoms with Gasteiger partial charge < -0.3 is 9.64 Å². The number of benzene rings is 2. The second-order valence-electron chi connectivity index (χ2n) is 7.19. The molecule has 1 aromatic heterocycles. The van der Waals surface area contributed by atoms with Gasteiger partial charge in [-0.2, -0.15) is 5.10 Å². The molecule has 27 heavy (non-hydrogen) atoms. The zero-order chi connectivity index (χ0) is 19.1. The maximum Gasteiger partial charge on any atom is 0.248 e. The monoisotopic (exact) mass is 361 g/mol. The lowest BCUT2D eigenvalue weighted by Gasteiger charge is -2.22. The first-order chi connectivity index (χ1) is 12.9. The first-order valence-electron chi connectivity index (χ1n) is 9.06. The van der Waals surface area contributed by atoms with Crippen LogP contribution in [0.25, 0.3) is 11.3 Å². The van der Waals surface area contributed by atoms with E-state index in [1.807, 2.05) is 44.3 Å². The van der Waals surface area contributed by atoms with Crippen molar-refractivity contribution in [2.45, 2.75) is 33.9 Å². The van der Waals surface area contributed by atoms with Gasteiger partial charge in [0, 0.05) is 23.9 Å². The first kappa shape index (κ1) is 17.3. The van der Waals surface area contributed by atoms with Gasteiger partial charge in [0.15, 0.2) is 0 Å². The van der Waals surface area contributed by atoms with E-state index in [2.05, 4.69) is 25.0 Å². The van der Waals surface area contributed by atoms with E-state index in [0.29, 0.717) is 6.61 Å². The summed E-state index contributed by atoms with van der Waals surface area (Å²) < 4.78 is 7.60. The summed E-state index contributed by atoms with van der Waals surface area (Å²) in [6.45, 7) is 6.84. The number of anilines is 1. The molecule has 0 N–H and O–H groups in total. The number of amides is 1. The number of aromatic nitrogens is 2. The Balaban J connectivity index is 1.64. The molecule has 0 bridgehead atoms. The van der Waals surface area contributed by atoms with Crippen LogP contribution in [0, 0.1) is 20.8 Å². The maximum atomic E-state index is 12.9. The third-order valence-electron chi connectivity index (χ3n) is 5.23. The number of nitrogens with zero attached hydrogens (tertiary/aromatic N) is 3. The summed E-state index contributed by atoms with van der Waals surface area (Å²) in [4.78, 5) is 14.6. The molecule has 5 heteroatoms. The van der Waals surface area contributed by atoms with Crippen molar-refractivity contribution in [3.05, 3.63) is 64.8 Å². The average Bonchev–Trinajstić information content (AvgIpc) is 3.06. The number of aryl methyl sites for hydroxylation is 3. The van der Waals surface area contributed by atoms with E-state index >= 15 is 0 Å². The predicted molar refractivity (Wildman–Crippen MR) is 106 cm³/mol. The minimum absolute atomic E-state index is 0.00940. The van der Waals surface area contributed by atoms with Crippen LogP contribution in [-0.4, -0.2) is 22.7 Å². The Morgan fingerprint density at radius 2 is 1.96 bits per heavy atom. The lowest BCUT2D eigenvalue weighted by Crippen LogP contribution is -2.30. The van der Waals surface area contributed by atoms with E-state index < -0.39 is 0 Å². The van der Waals surface area contributed by atoms with Crippen LogP contribution in [0.1, 0.15) is 22.3 Å². The van der Waals surface area contributed by atoms with E-state index in [0.717, 1.165) is 33.8 Å². The highest BCUT2D eigenvalue weighted by Crippen LogP contribution is 2.38. The van der Waals surface area contributed by atoms with Crippen molar-refractivity contribution in [1.29, 1.82) is 0 Å². The minimum Gasteiger partial charge on any atom is -0.488 e. The number of hydrogen-bond donors (Lipinski definition) is 0. The van der Waals surface area contributed by atoms with Gasteiger partial charge >= 0.3 is 0 Å². The molecule has 0 saturated carbocycles. The molecule has 0 atom stereocenters. The van der Waals surface area contributed by atoms with Crippen LogP contribution in [0.3, 0.4) is 0 Å². The lowest BCUT2D eigenvalue weighted by atomic mass is 10.0. The van der Waals surface area contributed by atoms with Crippen LogP contribution in [-0.2, 0) is 17.9 Å². The number of fused-ring (bicyclic) bond motifs is 3. The minimum atomic E-state index is -0.00940. The molecule has 0 unspecified atom stereocenters. The van der Waals surface area contributed by atoms with Gasteiger partial charge in [0.05, 0.1) is 11.9 Å². The fraction of sp³-hybridized carbons (Fsp3) is 0.273. The van der Waals surface area contributed by atoms with Gasteiger partial charge in [-0.25, -0.2) is 0 Å². The number of rotatable bonds is 3. The van der Waals surface area contributed by atoms with Crippen LogP contribution < -0.4 is 9.64 Å². The number of likely N-dealkylation sites (N-methyl/N-ethyl adjacent to an activating group) is 1. The van der Waals surface area contributed by atoms with Crippen molar-refractivity contribution in [3.8, 4) is 17.0 Å². The molecule has 5 nitrogen and oxygen atoms in total. The van der Waals surface area contributed by atoms with Crippen LogP contribution in [0.4, 0.5) is 5.69 Å².